The van der Waals surface area contributed by atoms with E-state index in [1.165, 1.54) is 5.56 Å². The molecule has 0 aromatic heterocycles. The highest BCUT2D eigenvalue weighted by Gasteiger charge is 2.23. The third-order valence-corrected chi connectivity index (χ3v) is 6.78. The topological polar surface area (TPSA) is 52.7 Å². The summed E-state index contributed by atoms with van der Waals surface area (Å²) in [7, 11) is 0. The lowest BCUT2D eigenvalue weighted by molar-refractivity contribution is 0.0746. The van der Waals surface area contributed by atoms with Gasteiger partial charge in [0.05, 0.1) is 10.6 Å². The van der Waals surface area contributed by atoms with Crippen LogP contribution >= 0.6 is 23.2 Å². The molecular formula is C28H29Cl2N3O2. The van der Waals surface area contributed by atoms with Crippen LogP contribution in [0.15, 0.2) is 66.7 Å². The largest absolute Gasteiger partial charge is 0.368 e. The van der Waals surface area contributed by atoms with Gasteiger partial charge in [0.15, 0.2) is 0 Å². The molecule has 5 nitrogen and oxygen atoms in total. The second kappa shape index (κ2) is 10.3. The lowest BCUT2D eigenvalue weighted by Crippen LogP contribution is -2.48. The Morgan fingerprint density at radius 1 is 0.829 bits per heavy atom. The molecule has 1 N–H and O–H groups in total. The van der Waals surface area contributed by atoms with Gasteiger partial charge in [0, 0.05) is 48.1 Å². The van der Waals surface area contributed by atoms with E-state index in [0.717, 1.165) is 24.3 Å². The van der Waals surface area contributed by atoms with Crippen molar-refractivity contribution < 1.29 is 9.59 Å². The minimum Gasteiger partial charge on any atom is -0.368 e. The Hall–Kier alpha value is -3.02. The van der Waals surface area contributed by atoms with E-state index in [2.05, 4.69) is 31.0 Å². The zero-order valence-corrected chi connectivity index (χ0v) is 21.7. The summed E-state index contributed by atoms with van der Waals surface area (Å²) in [5.41, 5.74) is 4.11. The molecule has 1 heterocycles. The van der Waals surface area contributed by atoms with E-state index >= 15 is 0 Å². The predicted molar refractivity (Wildman–Crippen MR) is 144 cm³/mol. The van der Waals surface area contributed by atoms with Gasteiger partial charge in [0.2, 0.25) is 0 Å². The Bertz CT molecular complexity index is 1210. The van der Waals surface area contributed by atoms with E-state index in [-0.39, 0.29) is 17.2 Å². The molecule has 0 bridgehead atoms. The first-order chi connectivity index (χ1) is 16.6. The van der Waals surface area contributed by atoms with Crippen molar-refractivity contribution in [3.05, 3.63) is 93.5 Å². The number of carbonyl (C=O) groups is 2. The van der Waals surface area contributed by atoms with Crippen LogP contribution in [-0.4, -0.2) is 42.9 Å². The smallest absolute Gasteiger partial charge is 0.257 e. The van der Waals surface area contributed by atoms with Gasteiger partial charge in [-0.2, -0.15) is 0 Å². The molecule has 0 aliphatic carbocycles. The van der Waals surface area contributed by atoms with Crippen LogP contribution in [0.5, 0.6) is 0 Å². The minimum absolute atomic E-state index is 0.0639. The number of anilines is 2. The summed E-state index contributed by atoms with van der Waals surface area (Å²) in [5, 5.41) is 3.66. The normalized spacial score (nSPS) is 14.1. The van der Waals surface area contributed by atoms with Crippen molar-refractivity contribution in [3.63, 3.8) is 0 Å². The van der Waals surface area contributed by atoms with Crippen LogP contribution in [0.3, 0.4) is 0 Å². The van der Waals surface area contributed by atoms with Crippen LogP contribution < -0.4 is 10.2 Å². The highest BCUT2D eigenvalue weighted by molar-refractivity contribution is 6.37. The highest BCUT2D eigenvalue weighted by atomic mass is 35.5. The van der Waals surface area contributed by atoms with Gasteiger partial charge in [-0.1, -0.05) is 56.1 Å². The minimum atomic E-state index is -0.290. The zero-order valence-electron chi connectivity index (χ0n) is 20.1. The van der Waals surface area contributed by atoms with E-state index in [1.54, 1.807) is 18.2 Å². The Morgan fingerprint density at radius 2 is 1.46 bits per heavy atom. The summed E-state index contributed by atoms with van der Waals surface area (Å²) in [6.45, 7) is 9.31. The monoisotopic (exact) mass is 509 g/mol. The number of nitrogens with one attached hydrogen (secondary N) is 1. The number of benzene rings is 3. The maximum Gasteiger partial charge on any atom is 0.257 e. The van der Waals surface area contributed by atoms with E-state index in [0.29, 0.717) is 34.4 Å². The second-order valence-corrected chi connectivity index (χ2v) is 10.6. The van der Waals surface area contributed by atoms with Crippen LogP contribution in [0.25, 0.3) is 0 Å². The summed E-state index contributed by atoms with van der Waals surface area (Å²) in [6.07, 6.45) is 0. The maximum absolute atomic E-state index is 13.0. The standard InChI is InChI=1S/C28H29Cl2N3O2/c1-28(2,3)20-6-4-19(5-7-20)27(35)33-16-14-32(15-17-33)23-11-9-22(10-12-23)31-26(34)24-13-8-21(29)18-25(24)30/h4-13,18H,14-17H2,1-3H3,(H,31,34). The van der Waals surface area contributed by atoms with Gasteiger partial charge >= 0.3 is 0 Å². The summed E-state index contributed by atoms with van der Waals surface area (Å²) >= 11 is 12.0. The lowest BCUT2D eigenvalue weighted by Gasteiger charge is -2.36. The summed E-state index contributed by atoms with van der Waals surface area (Å²) in [6, 6.07) is 20.4. The Labute approximate surface area is 216 Å². The molecule has 1 aliphatic heterocycles. The first-order valence-electron chi connectivity index (χ1n) is 11.6. The molecule has 35 heavy (non-hydrogen) atoms. The van der Waals surface area contributed by atoms with Crippen molar-refractivity contribution in [1.82, 2.24) is 4.90 Å². The molecule has 3 aromatic rings. The molecule has 1 saturated heterocycles. The number of nitrogens with zero attached hydrogens (tertiary/aromatic N) is 2. The van der Waals surface area contributed by atoms with E-state index in [1.807, 2.05) is 53.4 Å². The molecule has 4 rings (SSSR count). The maximum atomic E-state index is 13.0. The molecule has 0 atom stereocenters. The molecular weight excluding hydrogens is 481 g/mol. The fraction of sp³-hybridized carbons (Fsp3) is 0.286. The van der Waals surface area contributed by atoms with E-state index in [9.17, 15) is 9.59 Å². The van der Waals surface area contributed by atoms with Gasteiger partial charge in [-0.15, -0.1) is 0 Å². The van der Waals surface area contributed by atoms with Gasteiger partial charge in [-0.05, 0) is 65.6 Å². The zero-order chi connectivity index (χ0) is 25.2. The first kappa shape index (κ1) is 25.1. The fourth-order valence-corrected chi connectivity index (χ4v) is 4.59. The number of rotatable bonds is 4. The van der Waals surface area contributed by atoms with Crippen LogP contribution in [0, 0.1) is 0 Å². The number of hydrogen-bond acceptors (Lipinski definition) is 3. The second-order valence-electron chi connectivity index (χ2n) is 9.73. The van der Waals surface area contributed by atoms with Crippen molar-refractivity contribution in [2.24, 2.45) is 0 Å². The Morgan fingerprint density at radius 3 is 2.03 bits per heavy atom. The van der Waals surface area contributed by atoms with Crippen molar-refractivity contribution in [1.29, 1.82) is 0 Å². The van der Waals surface area contributed by atoms with Crippen LogP contribution in [0.1, 0.15) is 47.1 Å². The van der Waals surface area contributed by atoms with Gasteiger partial charge in [-0.25, -0.2) is 0 Å². The number of piperazine rings is 1. The van der Waals surface area contributed by atoms with Gasteiger partial charge in [-0.3, -0.25) is 9.59 Å². The molecule has 182 valence electrons. The number of carbonyl (C=O) groups excluding carboxylic acids is 2. The summed E-state index contributed by atoms with van der Waals surface area (Å²) in [5.74, 6) is -0.217. The molecule has 3 aromatic carbocycles. The first-order valence-corrected chi connectivity index (χ1v) is 12.4. The molecule has 0 unspecified atom stereocenters. The van der Waals surface area contributed by atoms with E-state index in [4.69, 9.17) is 23.2 Å². The average Bonchev–Trinajstić information content (AvgIpc) is 2.83. The lowest BCUT2D eigenvalue weighted by atomic mass is 9.86. The number of hydrogen-bond donors (Lipinski definition) is 1. The quantitative estimate of drug-likeness (QED) is 0.436. The summed E-state index contributed by atoms with van der Waals surface area (Å²) < 4.78 is 0. The summed E-state index contributed by atoms with van der Waals surface area (Å²) in [4.78, 5) is 29.6. The van der Waals surface area contributed by atoms with Crippen LogP contribution in [-0.2, 0) is 5.41 Å². The van der Waals surface area contributed by atoms with Crippen molar-refractivity contribution in [2.45, 2.75) is 26.2 Å². The van der Waals surface area contributed by atoms with E-state index < -0.39 is 0 Å². The number of amides is 2. The molecule has 7 heteroatoms. The van der Waals surface area contributed by atoms with Crippen molar-refractivity contribution in [3.8, 4) is 0 Å². The Balaban J connectivity index is 1.33. The molecule has 2 amide bonds. The van der Waals surface area contributed by atoms with Crippen LogP contribution in [0.2, 0.25) is 10.0 Å². The molecule has 0 spiro atoms. The SMILES string of the molecule is CC(C)(C)c1ccc(C(=O)N2CCN(c3ccc(NC(=O)c4ccc(Cl)cc4Cl)cc3)CC2)cc1. The number of halogens is 2. The van der Waals surface area contributed by atoms with Gasteiger partial charge in [0.1, 0.15) is 0 Å². The van der Waals surface area contributed by atoms with Crippen LogP contribution in [0.4, 0.5) is 11.4 Å². The average molecular weight is 510 g/mol. The molecule has 0 saturated carbocycles. The van der Waals surface area contributed by atoms with Gasteiger partial charge < -0.3 is 15.1 Å². The molecule has 1 fully saturated rings. The Kier molecular flexibility index (Phi) is 7.39. The van der Waals surface area contributed by atoms with Crippen molar-refractivity contribution in [2.75, 3.05) is 36.4 Å². The highest BCUT2D eigenvalue weighted by Crippen LogP contribution is 2.25. The third kappa shape index (κ3) is 5.98. The fourth-order valence-electron chi connectivity index (χ4n) is 4.09. The van der Waals surface area contributed by atoms with Crippen molar-refractivity contribution >= 4 is 46.4 Å². The predicted octanol–water partition coefficient (Wildman–Crippen LogP) is 6.51. The van der Waals surface area contributed by atoms with Gasteiger partial charge in [0.25, 0.3) is 11.8 Å². The third-order valence-electron chi connectivity index (χ3n) is 6.23. The molecule has 1 aliphatic rings. The molecule has 0 radical (unpaired) electrons.